The Kier molecular flexibility index (Phi) is 6.48. The maximum absolute atomic E-state index is 12.4. The Morgan fingerprint density at radius 3 is 2.82 bits per heavy atom. The normalized spacial score (nSPS) is 15.2. The summed E-state index contributed by atoms with van der Waals surface area (Å²) in [7, 11) is 0. The highest BCUT2D eigenvalue weighted by Crippen LogP contribution is 2.40. The quantitative estimate of drug-likeness (QED) is 0.240. The molecule has 2 aromatic carbocycles. The first-order valence-electron chi connectivity index (χ1n) is 10.7. The fourth-order valence-electron chi connectivity index (χ4n) is 4.01. The largest absolute Gasteiger partial charge is 0.493 e. The van der Waals surface area contributed by atoms with Gasteiger partial charge in [0.15, 0.2) is 11.3 Å². The molecule has 10 heteroatoms. The zero-order valence-electron chi connectivity index (χ0n) is 17.8. The number of aromatic nitrogens is 2. The van der Waals surface area contributed by atoms with E-state index in [9.17, 15) is 9.90 Å². The van der Waals surface area contributed by atoms with E-state index < -0.39 is 5.91 Å². The molecule has 5 rings (SSSR count). The lowest BCUT2D eigenvalue weighted by atomic mass is 10.1. The summed E-state index contributed by atoms with van der Waals surface area (Å²) in [6, 6.07) is 13.2. The Balaban J connectivity index is 1.35. The lowest BCUT2D eigenvalue weighted by Gasteiger charge is -2.27. The molecular weight excluding hydrogens is 506 g/mol. The minimum absolute atomic E-state index is 0.0110. The molecule has 0 spiro atoms. The van der Waals surface area contributed by atoms with Crippen LogP contribution in [0, 0.1) is 0 Å². The zero-order chi connectivity index (χ0) is 22.8. The van der Waals surface area contributed by atoms with E-state index in [2.05, 4.69) is 36.0 Å². The number of carbonyl (C=O) groups is 1. The maximum Gasteiger partial charge on any atom is 0.275 e. The first-order valence-corrected chi connectivity index (χ1v) is 12.5. The summed E-state index contributed by atoms with van der Waals surface area (Å²) >= 11 is 4.65. The fraction of sp³-hybridized carbons (Fsp3) is 0.304. The first kappa shape index (κ1) is 22.1. The van der Waals surface area contributed by atoms with E-state index in [-0.39, 0.29) is 11.6 Å². The van der Waals surface area contributed by atoms with Crippen LogP contribution in [0.25, 0.3) is 22.0 Å². The van der Waals surface area contributed by atoms with Crippen LogP contribution >= 0.6 is 27.7 Å². The van der Waals surface area contributed by atoms with Crippen LogP contribution in [0.4, 0.5) is 5.69 Å². The first-order chi connectivity index (χ1) is 16.1. The van der Waals surface area contributed by atoms with Gasteiger partial charge in [-0.15, -0.1) is 10.2 Å². The zero-order valence-corrected chi connectivity index (χ0v) is 20.2. The van der Waals surface area contributed by atoms with Crippen LogP contribution in [0.5, 0.6) is 5.88 Å². The molecule has 1 aliphatic rings. The molecule has 0 unspecified atom stereocenters. The highest BCUT2D eigenvalue weighted by atomic mass is 79.9. The van der Waals surface area contributed by atoms with Gasteiger partial charge >= 0.3 is 0 Å². The van der Waals surface area contributed by atoms with Crippen molar-refractivity contribution in [2.45, 2.75) is 31.2 Å². The number of thioether (sulfide) groups is 1. The van der Waals surface area contributed by atoms with Crippen molar-refractivity contribution >= 4 is 61.3 Å². The van der Waals surface area contributed by atoms with Gasteiger partial charge < -0.3 is 9.52 Å². The van der Waals surface area contributed by atoms with Crippen LogP contribution < -0.4 is 0 Å². The summed E-state index contributed by atoms with van der Waals surface area (Å²) in [5.41, 5.74) is 2.56. The standard InChI is InChI=1S/C23H22BrN5O3S/c24-15-8-9-18-16(12-15)21(22(31)29(18)14-28-10-4-1-5-11-28)27-26-20(30)13-33-23-25-17-6-2-3-7-19(17)32-23/h2-3,6-9,12,31H,1,4-5,10-11,13-14H2. The molecule has 0 aliphatic carbocycles. The Labute approximate surface area is 202 Å². The number of hydrogen-bond acceptors (Lipinski definition) is 7. The predicted molar refractivity (Wildman–Crippen MR) is 131 cm³/mol. The number of amides is 1. The Bertz CT molecular complexity index is 1310. The van der Waals surface area contributed by atoms with Crippen molar-refractivity contribution in [1.29, 1.82) is 0 Å². The summed E-state index contributed by atoms with van der Waals surface area (Å²) in [5.74, 6) is -0.391. The number of oxazole rings is 1. The summed E-state index contributed by atoms with van der Waals surface area (Å²) in [4.78, 5) is 19.0. The predicted octanol–water partition coefficient (Wildman–Crippen LogP) is 6.10. The molecule has 33 heavy (non-hydrogen) atoms. The molecule has 0 radical (unpaired) electrons. The Morgan fingerprint density at radius 1 is 1.18 bits per heavy atom. The number of hydrogen-bond donors (Lipinski definition) is 1. The van der Waals surface area contributed by atoms with Crippen molar-refractivity contribution in [1.82, 2.24) is 14.5 Å². The van der Waals surface area contributed by atoms with Gasteiger partial charge in [-0.2, -0.15) is 0 Å². The number of likely N-dealkylation sites (tertiary alicyclic amines) is 1. The van der Waals surface area contributed by atoms with Crippen molar-refractivity contribution in [3.63, 3.8) is 0 Å². The van der Waals surface area contributed by atoms with Crippen LogP contribution in [-0.4, -0.2) is 44.3 Å². The van der Waals surface area contributed by atoms with Crippen molar-refractivity contribution in [2.75, 3.05) is 18.8 Å². The van der Waals surface area contributed by atoms with Crippen LogP contribution in [0.2, 0.25) is 0 Å². The molecule has 0 bridgehead atoms. The van der Waals surface area contributed by atoms with Crippen molar-refractivity contribution < 1.29 is 14.3 Å². The number of aromatic hydroxyl groups is 1. The number of piperidine rings is 1. The van der Waals surface area contributed by atoms with Gasteiger partial charge in [-0.25, -0.2) is 4.98 Å². The van der Waals surface area contributed by atoms with E-state index >= 15 is 0 Å². The number of benzene rings is 2. The molecule has 3 heterocycles. The summed E-state index contributed by atoms with van der Waals surface area (Å²) < 4.78 is 8.31. The van der Waals surface area contributed by atoms with Crippen LogP contribution in [0.15, 0.2) is 66.8 Å². The summed E-state index contributed by atoms with van der Waals surface area (Å²) in [6.45, 7) is 2.57. The molecule has 170 valence electrons. The molecule has 1 N–H and O–H groups in total. The molecule has 8 nitrogen and oxygen atoms in total. The van der Waals surface area contributed by atoms with Crippen LogP contribution in [-0.2, 0) is 11.5 Å². The molecule has 0 atom stereocenters. The molecule has 1 saturated heterocycles. The van der Waals surface area contributed by atoms with Gasteiger partial charge in [0.05, 0.1) is 17.9 Å². The Hall–Kier alpha value is -2.69. The number of rotatable bonds is 6. The number of halogens is 1. The third-order valence-corrected chi connectivity index (χ3v) is 6.92. The van der Waals surface area contributed by atoms with Crippen molar-refractivity contribution in [3.8, 4) is 5.88 Å². The number of nitrogens with zero attached hydrogens (tertiary/aromatic N) is 5. The number of carbonyl (C=O) groups excluding carboxylic acids is 1. The maximum atomic E-state index is 12.4. The number of azo groups is 1. The average Bonchev–Trinajstić information content (AvgIpc) is 3.35. The average molecular weight is 528 g/mol. The minimum Gasteiger partial charge on any atom is -0.493 e. The van der Waals surface area contributed by atoms with E-state index in [1.807, 2.05) is 47.0 Å². The van der Waals surface area contributed by atoms with E-state index in [1.54, 1.807) is 0 Å². The summed E-state index contributed by atoms with van der Waals surface area (Å²) in [5, 5.41) is 20.1. The molecule has 2 aromatic heterocycles. The number of fused-ring (bicyclic) bond motifs is 2. The van der Waals surface area contributed by atoms with E-state index in [4.69, 9.17) is 4.42 Å². The van der Waals surface area contributed by atoms with E-state index in [0.29, 0.717) is 23.2 Å². The van der Waals surface area contributed by atoms with Gasteiger partial charge in [-0.1, -0.05) is 46.2 Å². The smallest absolute Gasteiger partial charge is 0.275 e. The van der Waals surface area contributed by atoms with Gasteiger partial charge in [0.1, 0.15) is 5.52 Å². The van der Waals surface area contributed by atoms with Gasteiger partial charge in [-0.3, -0.25) is 14.3 Å². The van der Waals surface area contributed by atoms with Crippen molar-refractivity contribution in [3.05, 3.63) is 46.9 Å². The van der Waals surface area contributed by atoms with E-state index in [1.165, 1.54) is 18.2 Å². The second-order valence-electron chi connectivity index (χ2n) is 7.91. The fourth-order valence-corrected chi connectivity index (χ4v) is 4.99. The second kappa shape index (κ2) is 9.66. The molecule has 1 fully saturated rings. The lowest BCUT2D eigenvalue weighted by molar-refractivity contribution is -0.115. The topological polar surface area (TPSA) is 96.2 Å². The van der Waals surface area contributed by atoms with Crippen LogP contribution in [0.3, 0.4) is 0 Å². The molecule has 0 saturated carbocycles. The lowest BCUT2D eigenvalue weighted by Crippen LogP contribution is -2.31. The van der Waals surface area contributed by atoms with Gasteiger partial charge in [-0.05, 0) is 56.3 Å². The van der Waals surface area contributed by atoms with E-state index in [0.717, 1.165) is 46.8 Å². The minimum atomic E-state index is -0.436. The monoisotopic (exact) mass is 527 g/mol. The summed E-state index contributed by atoms with van der Waals surface area (Å²) in [6.07, 6.45) is 3.56. The van der Waals surface area contributed by atoms with Gasteiger partial charge in [0.25, 0.3) is 11.1 Å². The molecule has 1 amide bonds. The highest BCUT2D eigenvalue weighted by molar-refractivity contribution is 9.10. The SMILES string of the molecule is O=C(CSc1nc2ccccc2o1)N=Nc1c(O)n(CN2CCCCC2)c2ccc(Br)cc12. The number of para-hydroxylation sites is 2. The third-order valence-electron chi connectivity index (χ3n) is 5.62. The van der Waals surface area contributed by atoms with Gasteiger partial charge in [0, 0.05) is 9.86 Å². The van der Waals surface area contributed by atoms with Crippen molar-refractivity contribution in [2.24, 2.45) is 10.2 Å². The Morgan fingerprint density at radius 2 is 2.00 bits per heavy atom. The van der Waals surface area contributed by atoms with Crippen LogP contribution in [0.1, 0.15) is 19.3 Å². The third kappa shape index (κ3) is 4.83. The highest BCUT2D eigenvalue weighted by Gasteiger charge is 2.20. The second-order valence-corrected chi connectivity index (χ2v) is 9.75. The van der Waals surface area contributed by atoms with Gasteiger partial charge in [0.2, 0.25) is 5.88 Å². The molecular formula is C23H22BrN5O3S. The molecule has 4 aromatic rings. The molecule has 1 aliphatic heterocycles.